The second kappa shape index (κ2) is 6.10. The molecular weight excluding hydrogens is 392 g/mol. The van der Waals surface area contributed by atoms with E-state index in [-0.39, 0.29) is 21.2 Å². The van der Waals surface area contributed by atoms with Gasteiger partial charge < -0.3 is 0 Å². The van der Waals surface area contributed by atoms with Gasteiger partial charge in [-0.1, -0.05) is 23.4 Å². The van der Waals surface area contributed by atoms with E-state index >= 15 is 0 Å². The Balaban J connectivity index is 1.99. The number of halogens is 5. The first kappa shape index (κ1) is 17.0. The second-order valence-corrected chi connectivity index (χ2v) is 6.79. The van der Waals surface area contributed by atoms with Crippen LogP contribution in [0.1, 0.15) is 5.82 Å². The van der Waals surface area contributed by atoms with Crippen LogP contribution in [0.25, 0.3) is 16.7 Å². The molecule has 0 aliphatic rings. The number of aromatic nitrogens is 4. The molecule has 10 heteroatoms. The number of hydrogen-bond donors (Lipinski definition) is 0. The van der Waals surface area contributed by atoms with Crippen molar-refractivity contribution in [3.63, 3.8) is 0 Å². The van der Waals surface area contributed by atoms with Crippen LogP contribution in [0.3, 0.4) is 0 Å². The summed E-state index contributed by atoms with van der Waals surface area (Å²) in [5.41, 5.74) is 0.395. The fraction of sp³-hybridized carbons (Fsp3) is 0.0625. The van der Waals surface area contributed by atoms with Crippen LogP contribution in [-0.2, 0) is 6.18 Å². The van der Waals surface area contributed by atoms with Crippen LogP contribution in [0.5, 0.6) is 0 Å². The summed E-state index contributed by atoms with van der Waals surface area (Å²) in [4.78, 5) is 4.98. The maximum atomic E-state index is 13.4. The van der Waals surface area contributed by atoms with E-state index in [1.54, 1.807) is 0 Å². The third kappa shape index (κ3) is 2.97. The topological polar surface area (TPSA) is 43.1 Å². The molecule has 26 heavy (non-hydrogen) atoms. The first-order valence-corrected chi connectivity index (χ1v) is 8.37. The molecule has 4 nitrogen and oxygen atoms in total. The number of alkyl halides is 3. The van der Waals surface area contributed by atoms with Gasteiger partial charge >= 0.3 is 6.18 Å². The van der Waals surface area contributed by atoms with Gasteiger partial charge in [-0.2, -0.15) is 13.2 Å². The zero-order valence-corrected chi connectivity index (χ0v) is 14.2. The molecule has 0 saturated heterocycles. The molecule has 132 valence electrons. The van der Waals surface area contributed by atoms with Gasteiger partial charge in [-0.05, 0) is 42.5 Å². The molecule has 0 unspecified atom stereocenters. The van der Waals surface area contributed by atoms with E-state index in [0.29, 0.717) is 10.4 Å². The summed E-state index contributed by atoms with van der Waals surface area (Å²) < 4.78 is 54.0. The van der Waals surface area contributed by atoms with Crippen LogP contribution in [-0.4, -0.2) is 19.6 Å². The Labute approximate surface area is 152 Å². The number of fused-ring (bicyclic) bond motifs is 3. The van der Waals surface area contributed by atoms with Crippen molar-refractivity contribution in [1.29, 1.82) is 0 Å². The van der Waals surface area contributed by atoms with Crippen molar-refractivity contribution in [2.24, 2.45) is 0 Å². The van der Waals surface area contributed by atoms with Crippen molar-refractivity contribution in [2.45, 2.75) is 16.1 Å². The van der Waals surface area contributed by atoms with E-state index in [1.165, 1.54) is 42.5 Å². The number of rotatable bonds is 2. The van der Waals surface area contributed by atoms with E-state index in [1.807, 2.05) is 0 Å². The van der Waals surface area contributed by atoms with Crippen LogP contribution >= 0.6 is 23.4 Å². The van der Waals surface area contributed by atoms with Crippen LogP contribution < -0.4 is 0 Å². The standard InChI is InChI=1S/C16H7ClF4N4S/c17-8-1-6-11-12(7-8)25-13(23-24-15(25)16(19,20)21)14(22-11)26-10-4-2-9(18)3-5-10/h1-7H. The van der Waals surface area contributed by atoms with Gasteiger partial charge in [0.1, 0.15) is 10.8 Å². The van der Waals surface area contributed by atoms with Crippen LogP contribution in [0.15, 0.2) is 52.4 Å². The Morgan fingerprint density at radius 2 is 1.73 bits per heavy atom. The molecule has 0 radical (unpaired) electrons. The Hall–Kier alpha value is -2.39. The first-order chi connectivity index (χ1) is 12.3. The van der Waals surface area contributed by atoms with Gasteiger partial charge in [-0.15, -0.1) is 10.2 Å². The lowest BCUT2D eigenvalue weighted by atomic mass is 10.3. The molecule has 0 aliphatic carbocycles. The maximum Gasteiger partial charge on any atom is 0.452 e. The van der Waals surface area contributed by atoms with Crippen molar-refractivity contribution >= 4 is 40.0 Å². The van der Waals surface area contributed by atoms with E-state index in [9.17, 15) is 17.6 Å². The summed E-state index contributed by atoms with van der Waals surface area (Å²) in [7, 11) is 0. The number of benzene rings is 2. The van der Waals surface area contributed by atoms with Crippen molar-refractivity contribution < 1.29 is 17.6 Å². The highest BCUT2D eigenvalue weighted by Gasteiger charge is 2.38. The van der Waals surface area contributed by atoms with Crippen molar-refractivity contribution in [3.05, 3.63) is 59.1 Å². The average Bonchev–Trinajstić information content (AvgIpc) is 3.03. The minimum Gasteiger partial charge on any atom is -0.267 e. The van der Waals surface area contributed by atoms with E-state index < -0.39 is 17.8 Å². The van der Waals surface area contributed by atoms with Gasteiger partial charge in [0.25, 0.3) is 0 Å². The van der Waals surface area contributed by atoms with Gasteiger partial charge in [0.2, 0.25) is 5.82 Å². The molecule has 0 spiro atoms. The highest BCUT2D eigenvalue weighted by molar-refractivity contribution is 7.99. The first-order valence-electron chi connectivity index (χ1n) is 7.18. The van der Waals surface area contributed by atoms with Crippen molar-refractivity contribution in [3.8, 4) is 0 Å². The molecule has 2 aromatic heterocycles. The van der Waals surface area contributed by atoms with E-state index in [0.717, 1.165) is 16.2 Å². The van der Waals surface area contributed by atoms with Gasteiger partial charge in [-0.3, -0.25) is 4.40 Å². The Morgan fingerprint density at radius 3 is 2.42 bits per heavy atom. The van der Waals surface area contributed by atoms with Gasteiger partial charge in [0.15, 0.2) is 5.65 Å². The van der Waals surface area contributed by atoms with Gasteiger partial charge in [0.05, 0.1) is 11.0 Å². The van der Waals surface area contributed by atoms with E-state index in [4.69, 9.17) is 11.6 Å². The third-order valence-electron chi connectivity index (χ3n) is 3.54. The molecule has 2 aromatic carbocycles. The zero-order valence-electron chi connectivity index (χ0n) is 12.6. The lowest BCUT2D eigenvalue weighted by molar-refractivity contribution is -0.145. The summed E-state index contributed by atoms with van der Waals surface area (Å²) in [6.07, 6.45) is -4.70. The third-order valence-corrected chi connectivity index (χ3v) is 4.75. The second-order valence-electron chi connectivity index (χ2n) is 5.29. The summed E-state index contributed by atoms with van der Waals surface area (Å²) in [5, 5.41) is 7.45. The normalized spacial score (nSPS) is 12.2. The Bertz CT molecular complexity index is 1130. The van der Waals surface area contributed by atoms with E-state index in [2.05, 4.69) is 15.2 Å². The summed E-state index contributed by atoms with van der Waals surface area (Å²) >= 11 is 7.00. The highest BCUT2D eigenvalue weighted by Crippen LogP contribution is 2.35. The molecule has 0 amide bonds. The summed E-state index contributed by atoms with van der Waals surface area (Å²) in [6.45, 7) is 0. The van der Waals surface area contributed by atoms with Gasteiger partial charge in [-0.25, -0.2) is 9.37 Å². The maximum absolute atomic E-state index is 13.4. The predicted octanol–water partition coefficient (Wildman–Crippen LogP) is 5.24. The minimum atomic E-state index is -4.70. The number of hydrogen-bond acceptors (Lipinski definition) is 4. The quantitative estimate of drug-likeness (QED) is 0.433. The minimum absolute atomic E-state index is 0.0542. The molecule has 0 aliphatic heterocycles. The number of nitrogens with zero attached hydrogens (tertiary/aromatic N) is 4. The lowest BCUT2D eigenvalue weighted by Gasteiger charge is -2.10. The molecule has 0 bridgehead atoms. The molecule has 0 fully saturated rings. The summed E-state index contributed by atoms with van der Waals surface area (Å²) in [6, 6.07) is 9.95. The predicted molar refractivity (Wildman–Crippen MR) is 88.8 cm³/mol. The fourth-order valence-electron chi connectivity index (χ4n) is 2.45. The van der Waals surface area contributed by atoms with Gasteiger partial charge in [0, 0.05) is 9.92 Å². The van der Waals surface area contributed by atoms with Crippen LogP contribution in [0.2, 0.25) is 5.02 Å². The van der Waals surface area contributed by atoms with Crippen molar-refractivity contribution in [1.82, 2.24) is 19.6 Å². The van der Waals surface area contributed by atoms with Crippen molar-refractivity contribution in [2.75, 3.05) is 0 Å². The Morgan fingerprint density at radius 1 is 1.00 bits per heavy atom. The van der Waals surface area contributed by atoms with Crippen LogP contribution in [0.4, 0.5) is 17.6 Å². The molecular formula is C16H7ClF4N4S. The molecule has 4 rings (SSSR count). The highest BCUT2D eigenvalue weighted by atomic mass is 35.5. The molecule has 0 saturated carbocycles. The largest absolute Gasteiger partial charge is 0.452 e. The molecule has 2 heterocycles. The SMILES string of the molecule is Fc1ccc(Sc2nc3ccc(Cl)cc3n3c(C(F)(F)F)nnc23)cc1. The monoisotopic (exact) mass is 398 g/mol. The summed E-state index contributed by atoms with van der Waals surface area (Å²) in [5.74, 6) is -1.58. The molecule has 4 aromatic rings. The smallest absolute Gasteiger partial charge is 0.267 e. The zero-order chi connectivity index (χ0) is 18.5. The molecule has 0 atom stereocenters. The fourth-order valence-corrected chi connectivity index (χ4v) is 3.48. The van der Waals surface area contributed by atoms with Crippen LogP contribution in [0, 0.1) is 5.82 Å². The molecule has 0 N–H and O–H groups in total. The average molecular weight is 399 g/mol. The Kier molecular flexibility index (Phi) is 4.00. The lowest BCUT2D eigenvalue weighted by Crippen LogP contribution is -2.11.